The fraction of sp³-hybridized carbons (Fsp3) is 0.429. The van der Waals surface area contributed by atoms with Gasteiger partial charge in [-0.2, -0.15) is 0 Å². The van der Waals surface area contributed by atoms with E-state index in [0.717, 1.165) is 6.42 Å². The number of aryl methyl sites for hydroxylation is 1. The number of sulfone groups is 1. The predicted molar refractivity (Wildman–Crippen MR) is 108 cm³/mol. The Morgan fingerprint density at radius 2 is 1.75 bits per heavy atom. The molecule has 4 rings (SSSR count). The molecule has 148 valence electrons. The molecule has 2 aliphatic rings. The van der Waals surface area contributed by atoms with Crippen LogP contribution in [0.25, 0.3) is 0 Å². The minimum Gasteiger partial charge on any atom is -0.330 e. The number of hydrogen-bond donors (Lipinski definition) is 0. The van der Waals surface area contributed by atoms with Gasteiger partial charge in [-0.1, -0.05) is 37.3 Å². The lowest BCUT2D eigenvalue weighted by Crippen LogP contribution is -2.60. The number of benzene rings is 1. The van der Waals surface area contributed by atoms with Gasteiger partial charge >= 0.3 is 0 Å². The second-order valence-corrected chi connectivity index (χ2v) is 9.72. The number of carbonyl (C=O) groups is 1. The summed E-state index contributed by atoms with van der Waals surface area (Å²) in [7, 11) is -3.17. The lowest BCUT2D eigenvalue weighted by Gasteiger charge is -2.43. The Kier molecular flexibility index (Phi) is 5.21. The topological polar surface area (TPSA) is 70.6 Å². The highest BCUT2D eigenvalue weighted by atomic mass is 32.2. The fourth-order valence-corrected chi connectivity index (χ4v) is 6.24. The Balaban J connectivity index is 1.55. The molecule has 28 heavy (non-hydrogen) atoms. The first kappa shape index (κ1) is 19.1. The van der Waals surface area contributed by atoms with Gasteiger partial charge in [-0.05, 0) is 29.7 Å². The Morgan fingerprint density at radius 1 is 1.04 bits per heavy atom. The number of amides is 1. The van der Waals surface area contributed by atoms with Crippen LogP contribution >= 0.6 is 0 Å². The second-order valence-electron chi connectivity index (χ2n) is 7.57. The molecule has 2 aromatic rings. The van der Waals surface area contributed by atoms with Crippen LogP contribution in [-0.2, 0) is 22.8 Å². The molecule has 2 aliphatic heterocycles. The number of rotatable bonds is 4. The molecule has 0 radical (unpaired) electrons. The van der Waals surface area contributed by atoms with Crippen LogP contribution in [-0.4, -0.2) is 65.8 Å². The Morgan fingerprint density at radius 3 is 2.43 bits per heavy atom. The standard InChI is InChI=1S/C21H25N3O3S/c1-2-16-6-8-17(9-7-16)13-23-11-12-24(20-15-28(26,27)14-19(20)23)21(25)18-5-3-4-10-22-18/h3-10,19-20H,2,11-15H2,1H3/t19-,20+/m0/s1. The number of fused-ring (bicyclic) bond motifs is 1. The first-order valence-corrected chi connectivity index (χ1v) is 11.5. The van der Waals surface area contributed by atoms with Crippen molar-refractivity contribution in [2.45, 2.75) is 32.0 Å². The van der Waals surface area contributed by atoms with Crippen LogP contribution in [0.15, 0.2) is 48.7 Å². The molecule has 0 aliphatic carbocycles. The highest BCUT2D eigenvalue weighted by Crippen LogP contribution is 2.29. The third kappa shape index (κ3) is 3.82. The highest BCUT2D eigenvalue weighted by molar-refractivity contribution is 7.91. The lowest BCUT2D eigenvalue weighted by atomic mass is 10.0. The average molecular weight is 400 g/mol. The number of hydrogen-bond acceptors (Lipinski definition) is 5. The van der Waals surface area contributed by atoms with Crippen molar-refractivity contribution in [3.8, 4) is 0 Å². The molecule has 0 unspecified atom stereocenters. The Bertz CT molecular complexity index is 945. The van der Waals surface area contributed by atoms with E-state index in [1.807, 2.05) is 0 Å². The van der Waals surface area contributed by atoms with Crippen LogP contribution < -0.4 is 0 Å². The van der Waals surface area contributed by atoms with Gasteiger partial charge in [0, 0.05) is 31.9 Å². The third-order valence-electron chi connectivity index (χ3n) is 5.75. The molecular weight excluding hydrogens is 374 g/mol. The maximum atomic E-state index is 12.9. The number of pyridine rings is 1. The van der Waals surface area contributed by atoms with E-state index >= 15 is 0 Å². The van der Waals surface area contributed by atoms with E-state index in [0.29, 0.717) is 25.3 Å². The predicted octanol–water partition coefficient (Wildman–Crippen LogP) is 1.77. The molecular formula is C21H25N3O3S. The van der Waals surface area contributed by atoms with Gasteiger partial charge in [0.25, 0.3) is 5.91 Å². The smallest absolute Gasteiger partial charge is 0.272 e. The SMILES string of the molecule is CCc1ccc(CN2CCN(C(=O)c3ccccn3)[C@@H]3CS(=O)(=O)C[C@@H]32)cc1. The normalized spacial score (nSPS) is 24.1. The van der Waals surface area contributed by atoms with E-state index in [4.69, 9.17) is 0 Å². The average Bonchev–Trinajstić information content (AvgIpc) is 3.04. The van der Waals surface area contributed by atoms with Crippen molar-refractivity contribution < 1.29 is 13.2 Å². The molecule has 0 bridgehead atoms. The fourth-order valence-electron chi connectivity index (χ4n) is 4.22. The van der Waals surface area contributed by atoms with Crippen LogP contribution in [0.2, 0.25) is 0 Å². The van der Waals surface area contributed by atoms with Gasteiger partial charge in [-0.3, -0.25) is 14.7 Å². The molecule has 0 saturated carbocycles. The Hall–Kier alpha value is -2.25. The summed E-state index contributed by atoms with van der Waals surface area (Å²) in [5.41, 5.74) is 2.83. The monoisotopic (exact) mass is 399 g/mol. The summed E-state index contributed by atoms with van der Waals surface area (Å²) in [5, 5.41) is 0. The second kappa shape index (κ2) is 7.64. The van der Waals surface area contributed by atoms with E-state index in [2.05, 4.69) is 41.1 Å². The summed E-state index contributed by atoms with van der Waals surface area (Å²) >= 11 is 0. The van der Waals surface area contributed by atoms with E-state index in [-0.39, 0.29) is 29.5 Å². The van der Waals surface area contributed by atoms with Crippen molar-refractivity contribution in [3.63, 3.8) is 0 Å². The molecule has 1 aromatic heterocycles. The summed E-state index contributed by atoms with van der Waals surface area (Å²) in [6.07, 6.45) is 2.59. The molecule has 2 saturated heterocycles. The van der Waals surface area contributed by atoms with Crippen LogP contribution in [0.5, 0.6) is 0 Å². The zero-order valence-electron chi connectivity index (χ0n) is 16.0. The largest absolute Gasteiger partial charge is 0.330 e. The van der Waals surface area contributed by atoms with Gasteiger partial charge in [0.1, 0.15) is 5.69 Å². The first-order chi connectivity index (χ1) is 13.5. The van der Waals surface area contributed by atoms with Crippen molar-refractivity contribution in [1.29, 1.82) is 0 Å². The van der Waals surface area contributed by atoms with E-state index in [9.17, 15) is 13.2 Å². The summed E-state index contributed by atoms with van der Waals surface area (Å²) in [6.45, 7) is 4.00. The third-order valence-corrected chi connectivity index (χ3v) is 7.45. The molecule has 1 amide bonds. The molecule has 1 aromatic carbocycles. The summed E-state index contributed by atoms with van der Waals surface area (Å²) in [6, 6.07) is 13.2. The molecule has 2 atom stereocenters. The molecule has 6 nitrogen and oxygen atoms in total. The number of nitrogens with zero attached hydrogens (tertiary/aromatic N) is 3. The van der Waals surface area contributed by atoms with Gasteiger partial charge in [0.05, 0.1) is 17.5 Å². The van der Waals surface area contributed by atoms with E-state index in [1.165, 1.54) is 11.1 Å². The van der Waals surface area contributed by atoms with Crippen molar-refractivity contribution >= 4 is 15.7 Å². The zero-order valence-corrected chi connectivity index (χ0v) is 16.8. The van der Waals surface area contributed by atoms with Gasteiger partial charge < -0.3 is 4.90 Å². The Labute approximate surface area is 166 Å². The molecule has 7 heteroatoms. The minimum atomic E-state index is -3.17. The summed E-state index contributed by atoms with van der Waals surface area (Å²) in [5.74, 6) is -0.0438. The van der Waals surface area contributed by atoms with E-state index < -0.39 is 9.84 Å². The van der Waals surface area contributed by atoms with Crippen LogP contribution in [0, 0.1) is 0 Å². The summed E-state index contributed by atoms with van der Waals surface area (Å²) < 4.78 is 24.8. The van der Waals surface area contributed by atoms with Gasteiger partial charge in [0.15, 0.2) is 9.84 Å². The van der Waals surface area contributed by atoms with Crippen LogP contribution in [0.3, 0.4) is 0 Å². The van der Waals surface area contributed by atoms with Crippen molar-refractivity contribution in [2.75, 3.05) is 24.6 Å². The van der Waals surface area contributed by atoms with Crippen molar-refractivity contribution in [1.82, 2.24) is 14.8 Å². The van der Waals surface area contributed by atoms with Crippen molar-refractivity contribution in [2.24, 2.45) is 0 Å². The van der Waals surface area contributed by atoms with Crippen LogP contribution in [0.4, 0.5) is 0 Å². The molecule has 0 spiro atoms. The first-order valence-electron chi connectivity index (χ1n) is 9.71. The number of aromatic nitrogens is 1. The lowest BCUT2D eigenvalue weighted by molar-refractivity contribution is 0.0301. The number of carbonyl (C=O) groups excluding carboxylic acids is 1. The van der Waals surface area contributed by atoms with Gasteiger partial charge in [0.2, 0.25) is 0 Å². The molecule has 0 N–H and O–H groups in total. The number of piperazine rings is 1. The van der Waals surface area contributed by atoms with Crippen LogP contribution in [0.1, 0.15) is 28.5 Å². The quantitative estimate of drug-likeness (QED) is 0.784. The summed E-state index contributed by atoms with van der Waals surface area (Å²) in [4.78, 5) is 21.0. The van der Waals surface area contributed by atoms with Crippen molar-refractivity contribution in [3.05, 3.63) is 65.5 Å². The zero-order chi connectivity index (χ0) is 19.7. The maximum Gasteiger partial charge on any atom is 0.272 e. The van der Waals surface area contributed by atoms with E-state index in [1.54, 1.807) is 29.3 Å². The molecule has 2 fully saturated rings. The van der Waals surface area contributed by atoms with Gasteiger partial charge in [-0.15, -0.1) is 0 Å². The highest BCUT2D eigenvalue weighted by Gasteiger charge is 2.48. The minimum absolute atomic E-state index is 0.0293. The molecule has 3 heterocycles. The van der Waals surface area contributed by atoms with Gasteiger partial charge in [-0.25, -0.2) is 8.42 Å². The maximum absolute atomic E-state index is 12.9.